The van der Waals surface area contributed by atoms with Crippen molar-refractivity contribution in [2.75, 3.05) is 13.1 Å². The molecule has 4 nitrogen and oxygen atoms in total. The molecule has 0 bridgehead atoms. The third-order valence-electron chi connectivity index (χ3n) is 4.47. The van der Waals surface area contributed by atoms with Crippen molar-refractivity contribution in [1.82, 2.24) is 14.5 Å². The van der Waals surface area contributed by atoms with Gasteiger partial charge in [-0.25, -0.2) is 4.98 Å². The average Bonchev–Trinajstić information content (AvgIpc) is 3.12. The number of aromatic nitrogens is 2. The zero-order chi connectivity index (χ0) is 12.5. The van der Waals surface area contributed by atoms with E-state index in [2.05, 4.69) is 21.4 Å². The van der Waals surface area contributed by atoms with E-state index < -0.39 is 0 Å². The van der Waals surface area contributed by atoms with E-state index >= 15 is 0 Å². The van der Waals surface area contributed by atoms with Gasteiger partial charge < -0.3 is 10.3 Å². The van der Waals surface area contributed by atoms with Crippen molar-refractivity contribution in [1.29, 1.82) is 0 Å². The first kappa shape index (κ1) is 12.2. The van der Waals surface area contributed by atoms with Crippen molar-refractivity contribution in [2.45, 2.75) is 51.2 Å². The first-order valence-electron chi connectivity index (χ1n) is 7.26. The lowest BCUT2D eigenvalue weighted by molar-refractivity contribution is 0.142. The number of likely N-dealkylation sites (tertiary alicyclic amines) is 1. The van der Waals surface area contributed by atoms with Crippen LogP contribution in [-0.2, 0) is 6.54 Å². The monoisotopic (exact) mass is 248 g/mol. The molecular formula is C14H24N4. The van der Waals surface area contributed by atoms with Crippen molar-refractivity contribution < 1.29 is 0 Å². The Morgan fingerprint density at radius 3 is 2.94 bits per heavy atom. The van der Waals surface area contributed by atoms with E-state index in [0.717, 1.165) is 32.1 Å². The number of hydrogen-bond donors (Lipinski definition) is 1. The highest BCUT2D eigenvalue weighted by Gasteiger charge is 2.28. The van der Waals surface area contributed by atoms with Gasteiger partial charge in [0.05, 0.1) is 12.0 Å². The molecule has 100 valence electrons. The molecule has 1 saturated heterocycles. The van der Waals surface area contributed by atoms with Crippen LogP contribution in [0.4, 0.5) is 0 Å². The van der Waals surface area contributed by atoms with E-state index in [9.17, 15) is 0 Å². The molecule has 1 aliphatic carbocycles. The van der Waals surface area contributed by atoms with E-state index in [1.165, 1.54) is 25.0 Å². The van der Waals surface area contributed by atoms with Gasteiger partial charge >= 0.3 is 0 Å². The zero-order valence-corrected chi connectivity index (χ0v) is 11.3. The Balaban J connectivity index is 1.63. The maximum absolute atomic E-state index is 6.17. The maximum atomic E-state index is 6.17. The third-order valence-corrected chi connectivity index (χ3v) is 4.47. The molecule has 2 unspecified atom stereocenters. The summed E-state index contributed by atoms with van der Waals surface area (Å²) in [6.45, 7) is 5.57. The normalized spacial score (nSPS) is 29.7. The molecule has 0 aromatic carbocycles. The van der Waals surface area contributed by atoms with Crippen LogP contribution in [0, 0.1) is 5.92 Å². The molecule has 0 radical (unpaired) electrons. The van der Waals surface area contributed by atoms with Gasteiger partial charge in [0.25, 0.3) is 0 Å². The fourth-order valence-electron chi connectivity index (χ4n) is 3.07. The van der Waals surface area contributed by atoms with Crippen LogP contribution in [0.5, 0.6) is 0 Å². The van der Waals surface area contributed by atoms with Gasteiger partial charge in [-0.1, -0.05) is 13.3 Å². The first-order valence-corrected chi connectivity index (χ1v) is 7.26. The number of rotatable bonds is 4. The summed E-state index contributed by atoms with van der Waals surface area (Å²) >= 11 is 0. The minimum absolute atomic E-state index is 0.402. The van der Waals surface area contributed by atoms with Gasteiger partial charge in [-0.05, 0) is 25.2 Å². The van der Waals surface area contributed by atoms with Crippen LogP contribution in [0.1, 0.15) is 44.3 Å². The molecule has 1 aromatic heterocycles. The first-order chi connectivity index (χ1) is 8.78. The van der Waals surface area contributed by atoms with Crippen LogP contribution < -0.4 is 5.73 Å². The molecule has 3 rings (SSSR count). The smallest absolute Gasteiger partial charge is 0.0951 e. The molecule has 1 aliphatic heterocycles. The highest BCUT2D eigenvalue weighted by molar-refractivity contribution is 5.04. The average molecular weight is 248 g/mol. The molecule has 2 fully saturated rings. The molecule has 2 N–H and O–H groups in total. The highest BCUT2D eigenvalue weighted by Crippen LogP contribution is 2.36. The highest BCUT2D eigenvalue weighted by atomic mass is 15.2. The zero-order valence-electron chi connectivity index (χ0n) is 11.3. The lowest BCUT2D eigenvalue weighted by Crippen LogP contribution is -2.46. The Morgan fingerprint density at radius 2 is 2.22 bits per heavy atom. The van der Waals surface area contributed by atoms with Gasteiger partial charge in [0.1, 0.15) is 0 Å². The summed E-state index contributed by atoms with van der Waals surface area (Å²) in [4.78, 5) is 6.86. The summed E-state index contributed by atoms with van der Waals surface area (Å²) in [7, 11) is 0. The summed E-state index contributed by atoms with van der Waals surface area (Å²) in [5, 5.41) is 0. The molecule has 2 heterocycles. The summed E-state index contributed by atoms with van der Waals surface area (Å²) in [6.07, 6.45) is 9.01. The Kier molecular flexibility index (Phi) is 3.39. The van der Waals surface area contributed by atoms with E-state index in [0.29, 0.717) is 12.0 Å². The van der Waals surface area contributed by atoms with Crippen LogP contribution in [-0.4, -0.2) is 33.6 Å². The standard InChI is InChI=1S/C14H24N4/c1-2-11-8-17(6-5-14(11)15)9-13-7-16-10-18(13)12-3-4-12/h7,10-12,14H,2-6,8-9,15H2,1H3. The molecular weight excluding hydrogens is 224 g/mol. The van der Waals surface area contributed by atoms with Gasteiger partial charge in [0.15, 0.2) is 0 Å². The van der Waals surface area contributed by atoms with Crippen LogP contribution in [0.25, 0.3) is 0 Å². The molecule has 0 amide bonds. The van der Waals surface area contributed by atoms with E-state index in [1.54, 1.807) is 0 Å². The summed E-state index contributed by atoms with van der Waals surface area (Å²) in [6, 6.07) is 1.14. The van der Waals surface area contributed by atoms with Crippen molar-refractivity contribution in [3.8, 4) is 0 Å². The van der Waals surface area contributed by atoms with Crippen molar-refractivity contribution in [2.24, 2.45) is 11.7 Å². The maximum Gasteiger partial charge on any atom is 0.0951 e. The minimum atomic E-state index is 0.402. The lowest BCUT2D eigenvalue weighted by Gasteiger charge is -2.36. The molecule has 2 atom stereocenters. The van der Waals surface area contributed by atoms with Crippen molar-refractivity contribution in [3.05, 3.63) is 18.2 Å². The van der Waals surface area contributed by atoms with Crippen LogP contribution in [0.3, 0.4) is 0 Å². The van der Waals surface area contributed by atoms with E-state index in [-0.39, 0.29) is 0 Å². The second-order valence-electron chi connectivity index (χ2n) is 5.88. The van der Waals surface area contributed by atoms with E-state index in [4.69, 9.17) is 5.73 Å². The van der Waals surface area contributed by atoms with Gasteiger partial charge in [0, 0.05) is 37.9 Å². The second-order valence-corrected chi connectivity index (χ2v) is 5.88. The Labute approximate surface area is 109 Å². The number of piperidine rings is 1. The summed E-state index contributed by atoms with van der Waals surface area (Å²) in [5.41, 5.74) is 7.55. The third kappa shape index (κ3) is 2.45. The largest absolute Gasteiger partial charge is 0.330 e. The topological polar surface area (TPSA) is 47.1 Å². The van der Waals surface area contributed by atoms with E-state index in [1.807, 2.05) is 12.5 Å². The van der Waals surface area contributed by atoms with Gasteiger partial charge in [-0.2, -0.15) is 0 Å². The molecule has 1 saturated carbocycles. The predicted octanol–water partition coefficient (Wildman–Crippen LogP) is 1.78. The molecule has 4 heteroatoms. The van der Waals surface area contributed by atoms with Crippen molar-refractivity contribution in [3.63, 3.8) is 0 Å². The van der Waals surface area contributed by atoms with Crippen LogP contribution >= 0.6 is 0 Å². The summed E-state index contributed by atoms with van der Waals surface area (Å²) in [5.74, 6) is 0.663. The number of imidazole rings is 1. The van der Waals surface area contributed by atoms with Crippen LogP contribution in [0.2, 0.25) is 0 Å². The number of nitrogens with two attached hydrogens (primary N) is 1. The lowest BCUT2D eigenvalue weighted by atomic mass is 9.91. The van der Waals surface area contributed by atoms with Gasteiger partial charge in [-0.3, -0.25) is 4.90 Å². The fourth-order valence-corrected chi connectivity index (χ4v) is 3.07. The fraction of sp³-hybridized carbons (Fsp3) is 0.786. The molecule has 2 aliphatic rings. The minimum Gasteiger partial charge on any atom is -0.330 e. The second kappa shape index (κ2) is 5.02. The molecule has 0 spiro atoms. The predicted molar refractivity (Wildman–Crippen MR) is 72.1 cm³/mol. The van der Waals surface area contributed by atoms with Gasteiger partial charge in [-0.15, -0.1) is 0 Å². The van der Waals surface area contributed by atoms with Crippen molar-refractivity contribution >= 4 is 0 Å². The number of nitrogens with zero attached hydrogens (tertiary/aromatic N) is 3. The Bertz CT molecular complexity index is 396. The van der Waals surface area contributed by atoms with Gasteiger partial charge in [0.2, 0.25) is 0 Å². The SMILES string of the molecule is CCC1CN(Cc2cncn2C2CC2)CCC1N. The Hall–Kier alpha value is -0.870. The summed E-state index contributed by atoms with van der Waals surface area (Å²) < 4.78 is 2.37. The quantitative estimate of drug-likeness (QED) is 0.883. The molecule has 18 heavy (non-hydrogen) atoms. The van der Waals surface area contributed by atoms with Crippen LogP contribution in [0.15, 0.2) is 12.5 Å². The Morgan fingerprint density at radius 1 is 1.39 bits per heavy atom. The number of hydrogen-bond acceptors (Lipinski definition) is 3. The molecule has 1 aromatic rings.